The number of methoxy groups -OCH3 is 1. The first-order valence-electron chi connectivity index (χ1n) is 6.55. The molecular formula is C15H17N3O. The molecule has 4 nitrogen and oxygen atoms in total. The second kappa shape index (κ2) is 5.36. The van der Waals surface area contributed by atoms with Gasteiger partial charge in [-0.1, -0.05) is 12.1 Å². The smallest absolute Gasteiger partial charge is 0.163 e. The topological polar surface area (TPSA) is 47.0 Å². The van der Waals surface area contributed by atoms with Crippen molar-refractivity contribution in [3.63, 3.8) is 0 Å². The Morgan fingerprint density at radius 1 is 1.26 bits per heavy atom. The Hall–Kier alpha value is -1.94. The third-order valence-electron chi connectivity index (χ3n) is 3.21. The van der Waals surface area contributed by atoms with E-state index in [0.29, 0.717) is 11.9 Å². The van der Waals surface area contributed by atoms with E-state index in [1.807, 2.05) is 30.3 Å². The third kappa shape index (κ3) is 2.90. The van der Waals surface area contributed by atoms with Crippen molar-refractivity contribution < 1.29 is 4.74 Å². The number of hydrogen-bond donors (Lipinski definition) is 1. The number of benzene rings is 1. The van der Waals surface area contributed by atoms with Gasteiger partial charge in [0.2, 0.25) is 0 Å². The molecule has 0 unspecified atom stereocenters. The summed E-state index contributed by atoms with van der Waals surface area (Å²) in [4.78, 5) is 8.94. The summed E-state index contributed by atoms with van der Waals surface area (Å²) in [5.41, 5.74) is 1.95. The van der Waals surface area contributed by atoms with Gasteiger partial charge in [0.25, 0.3) is 0 Å². The summed E-state index contributed by atoms with van der Waals surface area (Å²) in [6.45, 7) is 0.801. The van der Waals surface area contributed by atoms with Crippen LogP contribution in [0.2, 0.25) is 0 Å². The number of nitrogens with one attached hydrogen (secondary N) is 1. The molecule has 3 rings (SSSR count). The predicted octanol–water partition coefficient (Wildman–Crippen LogP) is 2.40. The summed E-state index contributed by atoms with van der Waals surface area (Å²) in [5, 5.41) is 3.46. The van der Waals surface area contributed by atoms with Crippen molar-refractivity contribution in [3.8, 4) is 17.1 Å². The maximum atomic E-state index is 5.35. The molecule has 0 spiro atoms. The summed E-state index contributed by atoms with van der Waals surface area (Å²) in [7, 11) is 1.66. The van der Waals surface area contributed by atoms with Crippen LogP contribution in [0.1, 0.15) is 18.5 Å². The number of para-hydroxylation sites is 1. The van der Waals surface area contributed by atoms with Crippen LogP contribution in [-0.2, 0) is 6.54 Å². The summed E-state index contributed by atoms with van der Waals surface area (Å²) in [6, 6.07) is 10.5. The van der Waals surface area contributed by atoms with E-state index in [0.717, 1.165) is 23.6 Å². The van der Waals surface area contributed by atoms with E-state index < -0.39 is 0 Å². The van der Waals surface area contributed by atoms with Crippen LogP contribution in [0, 0.1) is 0 Å². The molecule has 19 heavy (non-hydrogen) atoms. The molecule has 1 N–H and O–H groups in total. The zero-order valence-electron chi connectivity index (χ0n) is 11.0. The second-order valence-electron chi connectivity index (χ2n) is 4.73. The number of hydrogen-bond acceptors (Lipinski definition) is 4. The molecule has 1 heterocycles. The lowest BCUT2D eigenvalue weighted by Crippen LogP contribution is -2.16. The van der Waals surface area contributed by atoms with E-state index >= 15 is 0 Å². The molecule has 0 aliphatic heterocycles. The van der Waals surface area contributed by atoms with Gasteiger partial charge in [0.05, 0.1) is 18.4 Å². The lowest BCUT2D eigenvalue weighted by molar-refractivity contribution is 0.416. The Bertz CT molecular complexity index is 567. The van der Waals surface area contributed by atoms with Crippen molar-refractivity contribution in [2.45, 2.75) is 25.4 Å². The lowest BCUT2D eigenvalue weighted by atomic mass is 10.2. The van der Waals surface area contributed by atoms with E-state index in [1.54, 1.807) is 13.3 Å². The fraction of sp³-hybridized carbons (Fsp3) is 0.333. The molecule has 0 radical (unpaired) electrons. The first-order chi connectivity index (χ1) is 9.36. The highest BCUT2D eigenvalue weighted by molar-refractivity contribution is 5.63. The molecule has 1 aromatic carbocycles. The zero-order chi connectivity index (χ0) is 13.1. The van der Waals surface area contributed by atoms with Crippen molar-refractivity contribution in [1.29, 1.82) is 0 Å². The Labute approximate surface area is 112 Å². The average Bonchev–Trinajstić information content (AvgIpc) is 3.29. The van der Waals surface area contributed by atoms with Crippen LogP contribution in [0.3, 0.4) is 0 Å². The van der Waals surface area contributed by atoms with Crippen molar-refractivity contribution >= 4 is 0 Å². The Balaban J connectivity index is 1.84. The number of nitrogens with zero attached hydrogens (tertiary/aromatic N) is 2. The number of aromatic nitrogens is 2. The molecule has 0 amide bonds. The van der Waals surface area contributed by atoms with Crippen molar-refractivity contribution in [2.75, 3.05) is 7.11 Å². The highest BCUT2D eigenvalue weighted by Crippen LogP contribution is 2.26. The molecular weight excluding hydrogens is 238 g/mol. The van der Waals surface area contributed by atoms with Gasteiger partial charge in [0.1, 0.15) is 5.75 Å². The molecule has 1 saturated carbocycles. The molecule has 1 fully saturated rings. The fourth-order valence-corrected chi connectivity index (χ4v) is 1.99. The normalized spacial score (nSPS) is 14.4. The van der Waals surface area contributed by atoms with Crippen molar-refractivity contribution in [1.82, 2.24) is 15.3 Å². The molecule has 0 saturated heterocycles. The highest BCUT2D eigenvalue weighted by atomic mass is 16.5. The molecule has 98 valence electrons. The quantitative estimate of drug-likeness (QED) is 0.891. The predicted molar refractivity (Wildman–Crippen MR) is 73.9 cm³/mol. The molecule has 1 aromatic heterocycles. The van der Waals surface area contributed by atoms with Crippen LogP contribution >= 0.6 is 0 Å². The van der Waals surface area contributed by atoms with Gasteiger partial charge in [-0.15, -0.1) is 0 Å². The number of ether oxygens (including phenoxy) is 1. The van der Waals surface area contributed by atoms with E-state index in [2.05, 4.69) is 15.3 Å². The van der Waals surface area contributed by atoms with Crippen LogP contribution in [0.5, 0.6) is 5.75 Å². The van der Waals surface area contributed by atoms with Gasteiger partial charge in [0, 0.05) is 18.8 Å². The standard InChI is InChI=1S/C15H17N3O/c1-19-14-5-3-2-4-13(14)15-16-9-8-12(18-15)10-17-11-6-7-11/h2-5,8-9,11,17H,6-7,10H2,1H3. The van der Waals surface area contributed by atoms with E-state index in [9.17, 15) is 0 Å². The molecule has 1 aliphatic carbocycles. The average molecular weight is 255 g/mol. The molecule has 0 atom stereocenters. The van der Waals surface area contributed by atoms with E-state index in [4.69, 9.17) is 4.74 Å². The Morgan fingerprint density at radius 2 is 2.11 bits per heavy atom. The lowest BCUT2D eigenvalue weighted by Gasteiger charge is -2.08. The minimum absolute atomic E-state index is 0.685. The maximum Gasteiger partial charge on any atom is 0.163 e. The van der Waals surface area contributed by atoms with Gasteiger partial charge in [-0.05, 0) is 31.0 Å². The van der Waals surface area contributed by atoms with Gasteiger partial charge < -0.3 is 10.1 Å². The van der Waals surface area contributed by atoms with Crippen molar-refractivity contribution in [3.05, 3.63) is 42.2 Å². The summed E-state index contributed by atoms with van der Waals surface area (Å²) in [5.74, 6) is 1.52. The summed E-state index contributed by atoms with van der Waals surface area (Å²) < 4.78 is 5.35. The van der Waals surface area contributed by atoms with Gasteiger partial charge in [-0.2, -0.15) is 0 Å². The van der Waals surface area contributed by atoms with Crippen LogP contribution < -0.4 is 10.1 Å². The van der Waals surface area contributed by atoms with Crippen LogP contribution in [0.15, 0.2) is 36.5 Å². The molecule has 0 bridgehead atoms. The highest BCUT2D eigenvalue weighted by Gasteiger charge is 2.20. The zero-order valence-corrected chi connectivity index (χ0v) is 11.0. The van der Waals surface area contributed by atoms with E-state index in [-0.39, 0.29) is 0 Å². The van der Waals surface area contributed by atoms with Gasteiger partial charge >= 0.3 is 0 Å². The summed E-state index contributed by atoms with van der Waals surface area (Å²) >= 11 is 0. The van der Waals surface area contributed by atoms with Gasteiger partial charge in [0.15, 0.2) is 5.82 Å². The van der Waals surface area contributed by atoms with Crippen LogP contribution in [0.25, 0.3) is 11.4 Å². The van der Waals surface area contributed by atoms with Crippen LogP contribution in [-0.4, -0.2) is 23.1 Å². The molecule has 1 aliphatic rings. The SMILES string of the molecule is COc1ccccc1-c1nccc(CNC2CC2)n1. The first kappa shape index (κ1) is 12.1. The minimum Gasteiger partial charge on any atom is -0.496 e. The fourth-order valence-electron chi connectivity index (χ4n) is 1.99. The van der Waals surface area contributed by atoms with Gasteiger partial charge in [-0.3, -0.25) is 0 Å². The summed E-state index contributed by atoms with van der Waals surface area (Å²) in [6.07, 6.45) is 4.37. The second-order valence-corrected chi connectivity index (χ2v) is 4.73. The minimum atomic E-state index is 0.685. The van der Waals surface area contributed by atoms with E-state index in [1.165, 1.54) is 12.8 Å². The Morgan fingerprint density at radius 3 is 2.89 bits per heavy atom. The van der Waals surface area contributed by atoms with Gasteiger partial charge in [-0.25, -0.2) is 9.97 Å². The number of rotatable bonds is 5. The monoisotopic (exact) mass is 255 g/mol. The maximum absolute atomic E-state index is 5.35. The first-order valence-corrected chi connectivity index (χ1v) is 6.55. The largest absolute Gasteiger partial charge is 0.496 e. The molecule has 2 aromatic rings. The molecule has 4 heteroatoms. The Kier molecular flexibility index (Phi) is 3.42. The van der Waals surface area contributed by atoms with Crippen molar-refractivity contribution in [2.24, 2.45) is 0 Å². The third-order valence-corrected chi connectivity index (χ3v) is 3.21. The van der Waals surface area contributed by atoms with Crippen LogP contribution in [0.4, 0.5) is 0 Å².